The number of carbonyl (C=O) groups is 1. The fourth-order valence-corrected chi connectivity index (χ4v) is 0.934. The van der Waals surface area contributed by atoms with Gasteiger partial charge in [0.25, 0.3) is 0 Å². The summed E-state index contributed by atoms with van der Waals surface area (Å²) in [6.45, 7) is 0. The van der Waals surface area contributed by atoms with Crippen LogP contribution in [0.4, 0.5) is 10.5 Å². The van der Waals surface area contributed by atoms with Gasteiger partial charge in [0.2, 0.25) is 0 Å². The van der Waals surface area contributed by atoms with Gasteiger partial charge in [-0.05, 0) is 12.1 Å². The molecule has 0 radical (unpaired) electrons. The minimum Gasteiger partial charge on any atom is -0.410 e. The van der Waals surface area contributed by atoms with E-state index in [9.17, 15) is 4.79 Å². The Morgan fingerprint density at radius 1 is 1.50 bits per heavy atom. The van der Waals surface area contributed by atoms with E-state index in [4.69, 9.17) is 22.1 Å². The molecule has 0 spiro atoms. The van der Waals surface area contributed by atoms with E-state index in [1.807, 2.05) is 0 Å². The molecule has 0 saturated heterocycles. The predicted molar refractivity (Wildman–Crippen MR) is 55.6 cm³/mol. The number of benzene rings is 1. The van der Waals surface area contributed by atoms with Crippen molar-refractivity contribution in [2.75, 3.05) is 19.8 Å². The monoisotopic (exact) mass is 214 g/mol. The number of ether oxygens (including phenoxy) is 1. The van der Waals surface area contributed by atoms with Crippen molar-refractivity contribution in [3.05, 3.63) is 23.2 Å². The second-order valence-electron chi connectivity index (χ2n) is 2.95. The Morgan fingerprint density at radius 3 is 2.64 bits per heavy atom. The molecule has 14 heavy (non-hydrogen) atoms. The molecule has 0 unspecified atom stereocenters. The molecule has 0 aliphatic carbocycles. The van der Waals surface area contributed by atoms with Gasteiger partial charge in [-0.15, -0.1) is 0 Å². The lowest BCUT2D eigenvalue weighted by molar-refractivity contribution is 0.172. The van der Waals surface area contributed by atoms with Crippen LogP contribution in [-0.4, -0.2) is 25.1 Å². The molecule has 1 amide bonds. The molecule has 0 aliphatic rings. The second kappa shape index (κ2) is 4.19. The summed E-state index contributed by atoms with van der Waals surface area (Å²) in [7, 11) is 3.20. The quantitative estimate of drug-likeness (QED) is 0.728. The van der Waals surface area contributed by atoms with Crippen molar-refractivity contribution in [3.63, 3.8) is 0 Å². The van der Waals surface area contributed by atoms with Gasteiger partial charge in [0, 0.05) is 20.2 Å². The third kappa shape index (κ3) is 2.53. The molecule has 4 nitrogen and oxygen atoms in total. The Kier molecular flexibility index (Phi) is 3.19. The van der Waals surface area contributed by atoms with Crippen molar-refractivity contribution in [1.29, 1.82) is 0 Å². The Balaban J connectivity index is 2.78. The van der Waals surface area contributed by atoms with E-state index in [0.29, 0.717) is 16.5 Å². The van der Waals surface area contributed by atoms with Crippen molar-refractivity contribution in [2.24, 2.45) is 0 Å². The third-order valence-corrected chi connectivity index (χ3v) is 1.87. The zero-order valence-corrected chi connectivity index (χ0v) is 8.71. The number of nitrogens with two attached hydrogens (primary N) is 1. The van der Waals surface area contributed by atoms with Crippen LogP contribution in [0.15, 0.2) is 18.2 Å². The first kappa shape index (κ1) is 10.7. The molecule has 1 rings (SSSR count). The maximum Gasteiger partial charge on any atom is 0.414 e. The average Bonchev–Trinajstić information content (AvgIpc) is 2.11. The average molecular weight is 215 g/mol. The molecule has 0 aromatic heterocycles. The van der Waals surface area contributed by atoms with Crippen molar-refractivity contribution in [2.45, 2.75) is 0 Å². The highest BCUT2D eigenvalue weighted by atomic mass is 35.5. The lowest BCUT2D eigenvalue weighted by Gasteiger charge is -2.10. The van der Waals surface area contributed by atoms with Gasteiger partial charge in [-0.1, -0.05) is 11.6 Å². The topological polar surface area (TPSA) is 55.6 Å². The lowest BCUT2D eigenvalue weighted by Crippen LogP contribution is -2.25. The fourth-order valence-electron chi connectivity index (χ4n) is 0.763. The minimum absolute atomic E-state index is 0.369. The summed E-state index contributed by atoms with van der Waals surface area (Å²) in [6.07, 6.45) is -0.453. The summed E-state index contributed by atoms with van der Waals surface area (Å²) in [5.74, 6) is 0.378. The molecule has 76 valence electrons. The molecule has 1 aromatic rings. The second-order valence-corrected chi connectivity index (χ2v) is 3.35. The molecule has 5 heteroatoms. The summed E-state index contributed by atoms with van der Waals surface area (Å²) in [4.78, 5) is 12.5. The SMILES string of the molecule is CN(C)C(=O)Oc1ccc(N)c(Cl)c1. The van der Waals surface area contributed by atoms with Gasteiger partial charge in [-0.2, -0.15) is 0 Å². The van der Waals surface area contributed by atoms with E-state index >= 15 is 0 Å². The number of nitrogen functional groups attached to an aromatic ring is 1. The minimum atomic E-state index is -0.453. The van der Waals surface area contributed by atoms with Crippen LogP contribution in [0, 0.1) is 0 Å². The van der Waals surface area contributed by atoms with Crippen LogP contribution in [0.3, 0.4) is 0 Å². The molecule has 0 saturated carbocycles. The Bertz CT molecular complexity index is 353. The molecule has 0 fully saturated rings. The molecule has 0 atom stereocenters. The summed E-state index contributed by atoms with van der Waals surface area (Å²) in [5.41, 5.74) is 5.95. The van der Waals surface area contributed by atoms with Gasteiger partial charge < -0.3 is 15.4 Å². The smallest absolute Gasteiger partial charge is 0.410 e. The van der Waals surface area contributed by atoms with Crippen LogP contribution in [-0.2, 0) is 0 Å². The van der Waals surface area contributed by atoms with Gasteiger partial charge in [0.1, 0.15) is 5.75 Å². The van der Waals surface area contributed by atoms with Gasteiger partial charge in [0.15, 0.2) is 0 Å². The van der Waals surface area contributed by atoms with E-state index in [1.54, 1.807) is 26.2 Å². The zero-order valence-electron chi connectivity index (χ0n) is 7.95. The summed E-state index contributed by atoms with van der Waals surface area (Å²) in [5, 5.41) is 0.369. The summed E-state index contributed by atoms with van der Waals surface area (Å²) >= 11 is 5.75. The molecule has 0 aliphatic heterocycles. The molecule has 1 aromatic carbocycles. The van der Waals surface area contributed by atoms with Gasteiger partial charge in [-0.3, -0.25) is 0 Å². The number of carbonyl (C=O) groups excluding carboxylic acids is 1. The molecule has 0 bridgehead atoms. The first-order valence-electron chi connectivity index (χ1n) is 3.95. The van der Waals surface area contributed by atoms with Gasteiger partial charge >= 0.3 is 6.09 Å². The summed E-state index contributed by atoms with van der Waals surface area (Å²) in [6, 6.07) is 4.67. The Hall–Kier alpha value is -1.42. The molecular formula is C9H11ClN2O2. The van der Waals surface area contributed by atoms with E-state index in [2.05, 4.69) is 0 Å². The van der Waals surface area contributed by atoms with E-state index in [1.165, 1.54) is 11.0 Å². The van der Waals surface area contributed by atoms with Crippen molar-refractivity contribution < 1.29 is 9.53 Å². The number of halogens is 1. The Labute approximate surface area is 87.2 Å². The van der Waals surface area contributed by atoms with E-state index in [-0.39, 0.29) is 0 Å². The normalized spacial score (nSPS) is 9.64. The van der Waals surface area contributed by atoms with Crippen LogP contribution < -0.4 is 10.5 Å². The number of nitrogens with zero attached hydrogens (tertiary/aromatic N) is 1. The molecular weight excluding hydrogens is 204 g/mol. The maximum atomic E-state index is 11.1. The molecule has 2 N–H and O–H groups in total. The first-order chi connectivity index (χ1) is 6.50. The van der Waals surface area contributed by atoms with E-state index in [0.717, 1.165) is 0 Å². The number of rotatable bonds is 1. The number of amides is 1. The van der Waals surface area contributed by atoms with Crippen LogP contribution in [0.2, 0.25) is 5.02 Å². The largest absolute Gasteiger partial charge is 0.414 e. The Morgan fingerprint density at radius 2 is 2.14 bits per heavy atom. The van der Waals surface area contributed by atoms with Gasteiger partial charge in [0.05, 0.1) is 10.7 Å². The lowest BCUT2D eigenvalue weighted by atomic mass is 10.3. The fraction of sp³-hybridized carbons (Fsp3) is 0.222. The van der Waals surface area contributed by atoms with Crippen LogP contribution in [0.25, 0.3) is 0 Å². The standard InChI is InChI=1S/C9H11ClN2O2/c1-12(2)9(13)14-6-3-4-8(11)7(10)5-6/h3-5H,11H2,1-2H3. The summed E-state index contributed by atoms with van der Waals surface area (Å²) < 4.78 is 4.96. The van der Waals surface area contributed by atoms with Crippen molar-refractivity contribution in [3.8, 4) is 5.75 Å². The first-order valence-corrected chi connectivity index (χ1v) is 4.32. The molecule has 0 heterocycles. The highest BCUT2D eigenvalue weighted by Crippen LogP contribution is 2.24. The zero-order chi connectivity index (χ0) is 10.7. The third-order valence-electron chi connectivity index (χ3n) is 1.54. The van der Waals surface area contributed by atoms with Gasteiger partial charge in [-0.25, -0.2) is 4.79 Å². The van der Waals surface area contributed by atoms with Crippen molar-refractivity contribution >= 4 is 23.4 Å². The highest BCUT2D eigenvalue weighted by Gasteiger charge is 2.07. The predicted octanol–water partition coefficient (Wildman–Crippen LogP) is 1.98. The van der Waals surface area contributed by atoms with Crippen LogP contribution in [0.1, 0.15) is 0 Å². The van der Waals surface area contributed by atoms with Crippen molar-refractivity contribution in [1.82, 2.24) is 4.90 Å². The number of hydrogen-bond donors (Lipinski definition) is 1. The number of hydrogen-bond acceptors (Lipinski definition) is 3. The van der Waals surface area contributed by atoms with Crippen LogP contribution >= 0.6 is 11.6 Å². The highest BCUT2D eigenvalue weighted by molar-refractivity contribution is 6.33. The van der Waals surface area contributed by atoms with E-state index < -0.39 is 6.09 Å². The number of anilines is 1. The van der Waals surface area contributed by atoms with Crippen LogP contribution in [0.5, 0.6) is 5.75 Å². The maximum absolute atomic E-state index is 11.1.